The molecule has 2 rings (SSSR count). The van der Waals surface area contributed by atoms with Crippen LogP contribution in [0.1, 0.15) is 24.2 Å². The van der Waals surface area contributed by atoms with Gasteiger partial charge in [0.25, 0.3) is 5.91 Å². The molecule has 122 valence electrons. The van der Waals surface area contributed by atoms with Crippen LogP contribution in [0.5, 0.6) is 0 Å². The van der Waals surface area contributed by atoms with E-state index in [4.69, 9.17) is 0 Å². The van der Waals surface area contributed by atoms with Crippen LogP contribution >= 0.6 is 0 Å². The lowest BCUT2D eigenvalue weighted by Gasteiger charge is -2.26. The molecular formula is C14H17N5O4. The molecule has 2 aromatic heterocycles. The first-order valence-corrected chi connectivity index (χ1v) is 6.99. The lowest BCUT2D eigenvalue weighted by atomic mass is 10.2. The van der Waals surface area contributed by atoms with Gasteiger partial charge in [-0.25, -0.2) is 4.79 Å². The Labute approximate surface area is 131 Å². The largest absolute Gasteiger partial charge is 0.480 e. The summed E-state index contributed by atoms with van der Waals surface area (Å²) in [5.41, 5.74) is 0.744. The van der Waals surface area contributed by atoms with E-state index in [9.17, 15) is 19.5 Å². The number of hydrogen-bond acceptors (Lipinski definition) is 5. The SMILES string of the molecule is CC(=O)NCCN(C(=O)c1cnn2ncccc12)C(C)C(=O)O. The second-order valence-corrected chi connectivity index (χ2v) is 4.95. The summed E-state index contributed by atoms with van der Waals surface area (Å²) >= 11 is 0. The Balaban J connectivity index is 2.28. The fraction of sp³-hybridized carbons (Fsp3) is 0.357. The summed E-state index contributed by atoms with van der Waals surface area (Å²) in [6, 6.07) is 2.30. The molecule has 23 heavy (non-hydrogen) atoms. The highest BCUT2D eigenvalue weighted by atomic mass is 16.4. The monoisotopic (exact) mass is 319 g/mol. The Morgan fingerprint density at radius 1 is 1.39 bits per heavy atom. The molecule has 2 aromatic rings. The highest BCUT2D eigenvalue weighted by Gasteiger charge is 2.28. The van der Waals surface area contributed by atoms with Crippen molar-refractivity contribution >= 4 is 23.3 Å². The zero-order valence-corrected chi connectivity index (χ0v) is 12.8. The summed E-state index contributed by atoms with van der Waals surface area (Å²) in [5.74, 6) is -1.86. The average molecular weight is 319 g/mol. The van der Waals surface area contributed by atoms with E-state index in [0.29, 0.717) is 5.52 Å². The van der Waals surface area contributed by atoms with Crippen LogP contribution in [0.15, 0.2) is 24.5 Å². The Bertz CT molecular complexity index is 742. The minimum atomic E-state index is -1.13. The van der Waals surface area contributed by atoms with Gasteiger partial charge < -0.3 is 15.3 Å². The molecule has 0 aliphatic carbocycles. The third kappa shape index (κ3) is 3.62. The fourth-order valence-corrected chi connectivity index (χ4v) is 2.11. The average Bonchev–Trinajstić information content (AvgIpc) is 2.94. The molecular weight excluding hydrogens is 302 g/mol. The van der Waals surface area contributed by atoms with Gasteiger partial charge in [0.1, 0.15) is 11.6 Å². The van der Waals surface area contributed by atoms with Crippen LogP contribution in [0, 0.1) is 0 Å². The van der Waals surface area contributed by atoms with Gasteiger partial charge in [-0.1, -0.05) is 0 Å². The smallest absolute Gasteiger partial charge is 0.326 e. The van der Waals surface area contributed by atoms with Crippen LogP contribution in [0.2, 0.25) is 0 Å². The molecule has 2 amide bonds. The van der Waals surface area contributed by atoms with Crippen molar-refractivity contribution in [1.29, 1.82) is 0 Å². The van der Waals surface area contributed by atoms with Crippen LogP contribution < -0.4 is 5.32 Å². The van der Waals surface area contributed by atoms with Crippen molar-refractivity contribution in [2.24, 2.45) is 0 Å². The van der Waals surface area contributed by atoms with E-state index in [-0.39, 0.29) is 24.6 Å². The van der Waals surface area contributed by atoms with Gasteiger partial charge in [-0.3, -0.25) is 9.59 Å². The van der Waals surface area contributed by atoms with Gasteiger partial charge in [-0.15, -0.1) is 0 Å². The summed E-state index contributed by atoms with van der Waals surface area (Å²) in [6.45, 7) is 3.00. The van der Waals surface area contributed by atoms with Crippen molar-refractivity contribution in [3.63, 3.8) is 0 Å². The van der Waals surface area contributed by atoms with E-state index in [2.05, 4.69) is 15.5 Å². The molecule has 0 radical (unpaired) electrons. The predicted molar refractivity (Wildman–Crippen MR) is 79.8 cm³/mol. The van der Waals surface area contributed by atoms with Gasteiger partial charge in [-0.2, -0.15) is 14.8 Å². The fourth-order valence-electron chi connectivity index (χ4n) is 2.11. The van der Waals surface area contributed by atoms with E-state index < -0.39 is 17.9 Å². The second kappa shape index (κ2) is 6.86. The summed E-state index contributed by atoms with van der Waals surface area (Å²) in [5, 5.41) is 19.7. The van der Waals surface area contributed by atoms with E-state index in [0.717, 1.165) is 0 Å². The number of aromatic nitrogens is 3. The molecule has 0 aliphatic heterocycles. The number of rotatable bonds is 6. The van der Waals surface area contributed by atoms with Crippen LogP contribution in [0.3, 0.4) is 0 Å². The molecule has 0 aliphatic rings. The molecule has 1 unspecified atom stereocenters. The number of carbonyl (C=O) groups excluding carboxylic acids is 2. The molecule has 9 heteroatoms. The third-order valence-corrected chi connectivity index (χ3v) is 3.35. The maximum Gasteiger partial charge on any atom is 0.326 e. The number of carbonyl (C=O) groups is 3. The first-order chi connectivity index (χ1) is 10.9. The van der Waals surface area contributed by atoms with Gasteiger partial charge in [0, 0.05) is 26.2 Å². The number of fused-ring (bicyclic) bond motifs is 1. The highest BCUT2D eigenvalue weighted by molar-refractivity contribution is 6.02. The topological polar surface area (TPSA) is 117 Å². The summed E-state index contributed by atoms with van der Waals surface area (Å²) < 4.78 is 1.30. The van der Waals surface area contributed by atoms with Crippen LogP contribution in [-0.2, 0) is 9.59 Å². The third-order valence-electron chi connectivity index (χ3n) is 3.35. The number of carboxylic acids is 1. The van der Waals surface area contributed by atoms with Crippen molar-refractivity contribution in [1.82, 2.24) is 25.0 Å². The van der Waals surface area contributed by atoms with E-state index in [1.54, 1.807) is 12.1 Å². The minimum Gasteiger partial charge on any atom is -0.480 e. The number of nitrogens with zero attached hydrogens (tertiary/aromatic N) is 4. The van der Waals surface area contributed by atoms with Gasteiger partial charge >= 0.3 is 5.97 Å². The number of carboxylic acid groups (broad SMARTS) is 1. The Kier molecular flexibility index (Phi) is 4.89. The van der Waals surface area contributed by atoms with Crippen LogP contribution in [0.4, 0.5) is 0 Å². The number of aliphatic carboxylic acids is 1. The summed E-state index contributed by atoms with van der Waals surface area (Å²) in [4.78, 5) is 36.1. The highest BCUT2D eigenvalue weighted by Crippen LogP contribution is 2.14. The molecule has 0 spiro atoms. The van der Waals surface area contributed by atoms with Crippen LogP contribution in [-0.4, -0.2) is 61.7 Å². The molecule has 0 saturated heterocycles. The van der Waals surface area contributed by atoms with Gasteiger partial charge in [0.05, 0.1) is 11.8 Å². The Morgan fingerprint density at radius 3 is 2.78 bits per heavy atom. The normalized spacial score (nSPS) is 11.9. The molecule has 0 saturated carbocycles. The first-order valence-electron chi connectivity index (χ1n) is 6.99. The predicted octanol–water partition coefficient (Wildman–Crippen LogP) is -0.219. The summed E-state index contributed by atoms with van der Waals surface area (Å²) in [7, 11) is 0. The Hall–Kier alpha value is -2.97. The molecule has 2 heterocycles. The zero-order valence-electron chi connectivity index (χ0n) is 12.8. The van der Waals surface area contributed by atoms with Gasteiger partial charge in [0.15, 0.2) is 0 Å². The van der Waals surface area contributed by atoms with Gasteiger partial charge in [-0.05, 0) is 19.1 Å². The van der Waals surface area contributed by atoms with Crippen LogP contribution in [0.25, 0.3) is 5.52 Å². The van der Waals surface area contributed by atoms with E-state index >= 15 is 0 Å². The number of hydrogen-bond donors (Lipinski definition) is 2. The standard InChI is InChI=1S/C14H17N5O4/c1-9(14(22)23)18(7-6-15-10(2)20)13(21)11-8-17-19-12(11)4-3-5-16-19/h3-5,8-9H,6-7H2,1-2H3,(H,15,20)(H,22,23). The number of nitrogens with one attached hydrogen (secondary N) is 1. The lowest BCUT2D eigenvalue weighted by molar-refractivity contribution is -0.141. The van der Waals surface area contributed by atoms with E-state index in [1.165, 1.54) is 35.8 Å². The zero-order chi connectivity index (χ0) is 17.0. The van der Waals surface area contributed by atoms with Crippen molar-refractivity contribution in [3.05, 3.63) is 30.1 Å². The van der Waals surface area contributed by atoms with Crippen molar-refractivity contribution in [2.45, 2.75) is 19.9 Å². The van der Waals surface area contributed by atoms with Crippen molar-refractivity contribution < 1.29 is 19.5 Å². The molecule has 2 N–H and O–H groups in total. The minimum absolute atomic E-state index is 0.0729. The quantitative estimate of drug-likeness (QED) is 0.760. The second-order valence-electron chi connectivity index (χ2n) is 4.95. The summed E-state index contributed by atoms with van der Waals surface area (Å²) in [6.07, 6.45) is 2.88. The first kappa shape index (κ1) is 16.4. The van der Waals surface area contributed by atoms with E-state index in [1.807, 2.05) is 0 Å². The van der Waals surface area contributed by atoms with Crippen molar-refractivity contribution in [3.8, 4) is 0 Å². The Morgan fingerprint density at radius 2 is 2.13 bits per heavy atom. The molecule has 0 bridgehead atoms. The molecule has 0 fully saturated rings. The molecule has 1 atom stereocenters. The lowest BCUT2D eigenvalue weighted by Crippen LogP contribution is -2.46. The van der Waals surface area contributed by atoms with Gasteiger partial charge in [0.2, 0.25) is 5.91 Å². The molecule has 9 nitrogen and oxygen atoms in total. The number of amides is 2. The maximum atomic E-state index is 12.7. The molecule has 0 aromatic carbocycles. The van der Waals surface area contributed by atoms with Crippen molar-refractivity contribution in [2.75, 3.05) is 13.1 Å². The maximum absolute atomic E-state index is 12.7.